The number of aromatic amines is 1. The largest absolute Gasteiger partial charge is 0.469 e. The lowest BCUT2D eigenvalue weighted by atomic mass is 10.2. The maximum Gasteiger partial charge on any atom is 0.307 e. The first-order chi connectivity index (χ1) is 12.5. The SMILES string of the molecule is COC(=O)CCn1cc(CN(C)Cc2nc3ccccc3c(=O)[nH]2)cn1. The van der Waals surface area contributed by atoms with Gasteiger partial charge in [0.25, 0.3) is 5.56 Å². The molecule has 26 heavy (non-hydrogen) atoms. The highest BCUT2D eigenvalue weighted by Crippen LogP contribution is 2.09. The molecule has 1 aromatic carbocycles. The molecule has 3 aromatic rings. The molecule has 136 valence electrons. The summed E-state index contributed by atoms with van der Waals surface area (Å²) in [5, 5.41) is 4.84. The molecule has 3 rings (SSSR count). The van der Waals surface area contributed by atoms with E-state index in [4.69, 9.17) is 0 Å². The van der Waals surface area contributed by atoms with Crippen LogP contribution in [0.1, 0.15) is 17.8 Å². The molecule has 8 nitrogen and oxygen atoms in total. The zero-order valence-electron chi connectivity index (χ0n) is 14.8. The monoisotopic (exact) mass is 355 g/mol. The van der Waals surface area contributed by atoms with Crippen molar-refractivity contribution in [3.8, 4) is 0 Å². The standard InChI is InChI=1S/C18H21N5O3/c1-22(10-13-9-19-23(11-13)8-7-17(24)26-2)12-16-20-15-6-4-3-5-14(15)18(25)21-16/h3-6,9,11H,7-8,10,12H2,1-2H3,(H,20,21,25). The Morgan fingerprint density at radius 2 is 2.12 bits per heavy atom. The van der Waals surface area contributed by atoms with Crippen LogP contribution in [0.4, 0.5) is 0 Å². The molecule has 0 unspecified atom stereocenters. The molecule has 0 aliphatic heterocycles. The summed E-state index contributed by atoms with van der Waals surface area (Å²) in [6.45, 7) is 1.64. The average Bonchev–Trinajstić information content (AvgIpc) is 3.06. The van der Waals surface area contributed by atoms with Crippen LogP contribution in [0.5, 0.6) is 0 Å². The van der Waals surface area contributed by atoms with Crippen molar-refractivity contribution in [2.45, 2.75) is 26.1 Å². The number of para-hydroxylation sites is 1. The highest BCUT2D eigenvalue weighted by atomic mass is 16.5. The number of aryl methyl sites for hydroxylation is 1. The van der Waals surface area contributed by atoms with E-state index in [2.05, 4.69) is 19.8 Å². The topological polar surface area (TPSA) is 93.1 Å². The minimum Gasteiger partial charge on any atom is -0.469 e. The van der Waals surface area contributed by atoms with Crippen LogP contribution in [0.3, 0.4) is 0 Å². The Balaban J connectivity index is 1.62. The van der Waals surface area contributed by atoms with Crippen LogP contribution in [0.25, 0.3) is 10.9 Å². The van der Waals surface area contributed by atoms with E-state index in [1.807, 2.05) is 36.3 Å². The summed E-state index contributed by atoms with van der Waals surface area (Å²) in [6.07, 6.45) is 3.95. The molecule has 0 saturated carbocycles. The van der Waals surface area contributed by atoms with Crippen molar-refractivity contribution >= 4 is 16.9 Å². The molecule has 2 heterocycles. The molecular formula is C18H21N5O3. The van der Waals surface area contributed by atoms with Crippen LogP contribution in [0, 0.1) is 0 Å². The molecule has 0 bridgehead atoms. The van der Waals surface area contributed by atoms with E-state index < -0.39 is 0 Å². The number of methoxy groups -OCH3 is 1. The van der Waals surface area contributed by atoms with E-state index in [9.17, 15) is 9.59 Å². The third kappa shape index (κ3) is 4.34. The number of aromatic nitrogens is 4. The molecular weight excluding hydrogens is 334 g/mol. The van der Waals surface area contributed by atoms with Gasteiger partial charge in [0.05, 0.1) is 43.7 Å². The number of nitrogens with zero attached hydrogens (tertiary/aromatic N) is 4. The zero-order chi connectivity index (χ0) is 18.5. The van der Waals surface area contributed by atoms with Crippen LogP contribution in [0.2, 0.25) is 0 Å². The minimum absolute atomic E-state index is 0.130. The maximum atomic E-state index is 12.1. The Morgan fingerprint density at radius 1 is 1.31 bits per heavy atom. The number of hydrogen-bond acceptors (Lipinski definition) is 6. The quantitative estimate of drug-likeness (QED) is 0.643. The fourth-order valence-electron chi connectivity index (χ4n) is 2.75. The molecule has 0 atom stereocenters. The summed E-state index contributed by atoms with van der Waals surface area (Å²) in [5.74, 6) is 0.361. The van der Waals surface area contributed by atoms with E-state index in [0.717, 1.165) is 5.56 Å². The number of esters is 1. The lowest BCUT2D eigenvalue weighted by Gasteiger charge is -2.15. The van der Waals surface area contributed by atoms with Gasteiger partial charge in [-0.15, -0.1) is 0 Å². The molecule has 0 aliphatic carbocycles. The number of hydrogen-bond donors (Lipinski definition) is 1. The average molecular weight is 355 g/mol. The molecule has 0 spiro atoms. The van der Waals surface area contributed by atoms with Crippen molar-refractivity contribution in [2.75, 3.05) is 14.2 Å². The molecule has 1 N–H and O–H groups in total. The second kappa shape index (κ2) is 7.92. The van der Waals surface area contributed by atoms with E-state index in [-0.39, 0.29) is 17.9 Å². The Labute approximate surface area is 150 Å². The Hall–Kier alpha value is -3.00. The molecule has 0 saturated heterocycles. The first-order valence-electron chi connectivity index (χ1n) is 8.30. The van der Waals surface area contributed by atoms with Gasteiger partial charge in [-0.25, -0.2) is 4.98 Å². The predicted octanol–water partition coefficient (Wildman–Crippen LogP) is 1.31. The van der Waals surface area contributed by atoms with Gasteiger partial charge in [0.15, 0.2) is 0 Å². The van der Waals surface area contributed by atoms with Crippen molar-refractivity contribution in [1.29, 1.82) is 0 Å². The summed E-state index contributed by atoms with van der Waals surface area (Å²) in [7, 11) is 3.32. The van der Waals surface area contributed by atoms with Crippen LogP contribution in [0.15, 0.2) is 41.5 Å². The number of nitrogens with one attached hydrogen (secondary N) is 1. The molecule has 0 fully saturated rings. The van der Waals surface area contributed by atoms with Gasteiger partial charge in [-0.3, -0.25) is 19.2 Å². The highest BCUT2D eigenvalue weighted by Gasteiger charge is 2.09. The summed E-state index contributed by atoms with van der Waals surface area (Å²) < 4.78 is 6.34. The van der Waals surface area contributed by atoms with Gasteiger partial charge >= 0.3 is 5.97 Å². The van der Waals surface area contributed by atoms with Crippen molar-refractivity contribution in [1.82, 2.24) is 24.6 Å². The first kappa shape index (κ1) is 17.8. The Morgan fingerprint density at radius 3 is 2.92 bits per heavy atom. The third-order valence-corrected chi connectivity index (χ3v) is 3.99. The summed E-state index contributed by atoms with van der Waals surface area (Å²) >= 11 is 0. The van der Waals surface area contributed by atoms with Crippen molar-refractivity contribution in [3.63, 3.8) is 0 Å². The van der Waals surface area contributed by atoms with E-state index in [0.29, 0.717) is 36.4 Å². The summed E-state index contributed by atoms with van der Waals surface area (Å²) in [5.41, 5.74) is 1.57. The minimum atomic E-state index is -0.259. The number of ether oxygens (including phenoxy) is 1. The van der Waals surface area contributed by atoms with Gasteiger partial charge in [-0.1, -0.05) is 12.1 Å². The molecule has 0 radical (unpaired) electrons. The van der Waals surface area contributed by atoms with Crippen molar-refractivity contribution in [2.24, 2.45) is 0 Å². The van der Waals surface area contributed by atoms with E-state index in [1.165, 1.54) is 7.11 Å². The van der Waals surface area contributed by atoms with Gasteiger partial charge in [-0.05, 0) is 19.2 Å². The number of fused-ring (bicyclic) bond motifs is 1. The lowest BCUT2D eigenvalue weighted by molar-refractivity contribution is -0.140. The van der Waals surface area contributed by atoms with Crippen LogP contribution in [-0.4, -0.2) is 44.8 Å². The second-order valence-electron chi connectivity index (χ2n) is 6.14. The van der Waals surface area contributed by atoms with Crippen molar-refractivity contribution in [3.05, 3.63) is 58.4 Å². The number of carbonyl (C=O) groups excluding carboxylic acids is 1. The highest BCUT2D eigenvalue weighted by molar-refractivity contribution is 5.77. The molecule has 0 amide bonds. The molecule has 8 heteroatoms. The van der Waals surface area contributed by atoms with Gasteiger partial charge in [0.2, 0.25) is 0 Å². The first-order valence-corrected chi connectivity index (χ1v) is 8.30. The number of benzene rings is 1. The normalized spacial score (nSPS) is 11.2. The Bertz CT molecular complexity index is 963. The van der Waals surface area contributed by atoms with E-state index in [1.54, 1.807) is 16.9 Å². The fourth-order valence-corrected chi connectivity index (χ4v) is 2.75. The smallest absolute Gasteiger partial charge is 0.307 e. The number of rotatable bonds is 7. The van der Waals surface area contributed by atoms with Gasteiger partial charge < -0.3 is 9.72 Å². The van der Waals surface area contributed by atoms with E-state index >= 15 is 0 Å². The predicted molar refractivity (Wildman–Crippen MR) is 96.4 cm³/mol. The van der Waals surface area contributed by atoms with Gasteiger partial charge in [0, 0.05) is 18.3 Å². The second-order valence-corrected chi connectivity index (χ2v) is 6.14. The number of carbonyl (C=O) groups is 1. The maximum absolute atomic E-state index is 12.1. The lowest BCUT2D eigenvalue weighted by Crippen LogP contribution is -2.21. The molecule has 2 aromatic heterocycles. The van der Waals surface area contributed by atoms with Gasteiger partial charge in [-0.2, -0.15) is 5.10 Å². The van der Waals surface area contributed by atoms with Gasteiger partial charge in [0.1, 0.15) is 5.82 Å². The Kier molecular flexibility index (Phi) is 5.43. The number of H-pyrrole nitrogens is 1. The van der Waals surface area contributed by atoms with Crippen molar-refractivity contribution < 1.29 is 9.53 Å². The van der Waals surface area contributed by atoms with Crippen LogP contribution >= 0.6 is 0 Å². The summed E-state index contributed by atoms with van der Waals surface area (Å²) in [6, 6.07) is 7.28. The third-order valence-electron chi connectivity index (χ3n) is 3.99. The molecule has 0 aliphatic rings. The zero-order valence-corrected chi connectivity index (χ0v) is 14.8. The fraction of sp³-hybridized carbons (Fsp3) is 0.333. The summed E-state index contributed by atoms with van der Waals surface area (Å²) in [4.78, 5) is 32.7. The van der Waals surface area contributed by atoms with Crippen LogP contribution < -0.4 is 5.56 Å². The van der Waals surface area contributed by atoms with Crippen LogP contribution in [-0.2, 0) is 29.2 Å².